The number of rotatable bonds is 6. The molecule has 0 radical (unpaired) electrons. The summed E-state index contributed by atoms with van der Waals surface area (Å²) in [7, 11) is 1.60. The molecule has 2 aromatic rings. The molecule has 0 heterocycles. The van der Waals surface area contributed by atoms with Crippen LogP contribution >= 0.6 is 0 Å². The zero-order chi connectivity index (χ0) is 16.9. The lowest BCUT2D eigenvalue weighted by Crippen LogP contribution is -2.15. The highest BCUT2D eigenvalue weighted by molar-refractivity contribution is 5.95. The Labute approximate surface area is 141 Å². The largest absolute Gasteiger partial charge is 0.497 e. The van der Waals surface area contributed by atoms with Crippen LogP contribution in [0.25, 0.3) is 0 Å². The molecule has 0 unspecified atom stereocenters. The molecule has 1 aliphatic rings. The number of amides is 2. The van der Waals surface area contributed by atoms with Crippen LogP contribution < -0.4 is 15.4 Å². The molecule has 24 heavy (non-hydrogen) atoms. The maximum Gasteiger partial charge on any atom is 0.228 e. The summed E-state index contributed by atoms with van der Waals surface area (Å²) in [5, 5.41) is 5.72. The number of carbonyl (C=O) groups excluding carboxylic acids is 2. The molecule has 0 aromatic heterocycles. The normalized spacial score (nSPS) is 13.2. The van der Waals surface area contributed by atoms with Gasteiger partial charge in [0.2, 0.25) is 11.8 Å². The van der Waals surface area contributed by atoms with Gasteiger partial charge in [-0.15, -0.1) is 0 Å². The summed E-state index contributed by atoms with van der Waals surface area (Å²) in [4.78, 5) is 23.8. The minimum Gasteiger partial charge on any atom is -0.497 e. The highest BCUT2D eigenvalue weighted by atomic mass is 16.5. The monoisotopic (exact) mass is 324 g/mol. The van der Waals surface area contributed by atoms with E-state index < -0.39 is 0 Å². The van der Waals surface area contributed by atoms with E-state index in [1.807, 2.05) is 24.3 Å². The second-order valence-corrected chi connectivity index (χ2v) is 5.92. The maximum atomic E-state index is 12.1. The number of hydrogen-bond acceptors (Lipinski definition) is 3. The van der Waals surface area contributed by atoms with Crippen LogP contribution in [0.4, 0.5) is 11.4 Å². The van der Waals surface area contributed by atoms with Crippen molar-refractivity contribution in [3.63, 3.8) is 0 Å². The molecule has 1 aliphatic carbocycles. The number of hydrogen-bond donors (Lipinski definition) is 2. The third-order valence-electron chi connectivity index (χ3n) is 3.88. The minimum absolute atomic E-state index is 0.0739. The SMILES string of the molecule is COc1cccc(CC(=O)Nc2ccc(NC(=O)C3CC3)cc2)c1. The fourth-order valence-corrected chi connectivity index (χ4v) is 2.40. The Morgan fingerprint density at radius 2 is 1.71 bits per heavy atom. The molecular formula is C19H20N2O3. The van der Waals surface area contributed by atoms with Crippen molar-refractivity contribution in [2.75, 3.05) is 17.7 Å². The Morgan fingerprint density at radius 1 is 1.04 bits per heavy atom. The number of nitrogens with one attached hydrogen (secondary N) is 2. The molecule has 0 aliphatic heterocycles. The van der Waals surface area contributed by atoms with Crippen molar-refractivity contribution in [1.82, 2.24) is 0 Å². The third kappa shape index (κ3) is 4.35. The summed E-state index contributed by atoms with van der Waals surface area (Å²) in [5.74, 6) is 0.881. The molecule has 0 bridgehead atoms. The topological polar surface area (TPSA) is 67.4 Å². The van der Waals surface area contributed by atoms with Crippen LogP contribution in [0.5, 0.6) is 5.75 Å². The predicted octanol–water partition coefficient (Wildman–Crippen LogP) is 3.22. The second kappa shape index (κ2) is 7.17. The van der Waals surface area contributed by atoms with Crippen LogP contribution in [-0.2, 0) is 16.0 Å². The quantitative estimate of drug-likeness (QED) is 0.857. The first-order chi connectivity index (χ1) is 11.6. The van der Waals surface area contributed by atoms with Gasteiger partial charge in [0.25, 0.3) is 0 Å². The first kappa shape index (κ1) is 16.1. The molecule has 2 aromatic carbocycles. The van der Waals surface area contributed by atoms with Gasteiger partial charge < -0.3 is 15.4 Å². The van der Waals surface area contributed by atoms with Crippen LogP contribution in [0.3, 0.4) is 0 Å². The number of ether oxygens (including phenoxy) is 1. The predicted molar refractivity (Wildman–Crippen MR) is 93.1 cm³/mol. The highest BCUT2D eigenvalue weighted by Crippen LogP contribution is 2.30. The fraction of sp³-hybridized carbons (Fsp3) is 0.263. The van der Waals surface area contributed by atoms with Crippen LogP contribution in [0.1, 0.15) is 18.4 Å². The van der Waals surface area contributed by atoms with Gasteiger partial charge in [0.05, 0.1) is 13.5 Å². The molecule has 3 rings (SSSR count). The molecule has 2 amide bonds. The van der Waals surface area contributed by atoms with Crippen molar-refractivity contribution in [1.29, 1.82) is 0 Å². The standard InChI is InChI=1S/C19H20N2O3/c1-24-17-4-2-3-13(11-17)12-18(22)20-15-7-9-16(10-8-15)21-19(23)14-5-6-14/h2-4,7-11,14H,5-6,12H2,1H3,(H,20,22)(H,21,23). The average Bonchev–Trinajstić information content (AvgIpc) is 3.42. The van der Waals surface area contributed by atoms with E-state index in [0.717, 1.165) is 29.8 Å². The van der Waals surface area contributed by atoms with E-state index in [2.05, 4.69) is 10.6 Å². The van der Waals surface area contributed by atoms with E-state index in [9.17, 15) is 9.59 Å². The lowest BCUT2D eigenvalue weighted by atomic mass is 10.1. The average molecular weight is 324 g/mol. The summed E-state index contributed by atoms with van der Waals surface area (Å²) >= 11 is 0. The molecule has 2 N–H and O–H groups in total. The first-order valence-electron chi connectivity index (χ1n) is 7.98. The van der Waals surface area contributed by atoms with Gasteiger partial charge in [0.1, 0.15) is 5.75 Å². The number of carbonyl (C=O) groups is 2. The Kier molecular flexibility index (Phi) is 4.79. The van der Waals surface area contributed by atoms with Gasteiger partial charge in [-0.25, -0.2) is 0 Å². The van der Waals surface area contributed by atoms with Gasteiger partial charge in [-0.1, -0.05) is 12.1 Å². The van der Waals surface area contributed by atoms with Crippen LogP contribution in [0.15, 0.2) is 48.5 Å². The van der Waals surface area contributed by atoms with Gasteiger partial charge in [-0.3, -0.25) is 9.59 Å². The third-order valence-corrected chi connectivity index (χ3v) is 3.88. The van der Waals surface area contributed by atoms with Crippen molar-refractivity contribution in [2.24, 2.45) is 5.92 Å². The van der Waals surface area contributed by atoms with E-state index in [0.29, 0.717) is 5.69 Å². The zero-order valence-corrected chi connectivity index (χ0v) is 13.5. The molecule has 0 spiro atoms. The van der Waals surface area contributed by atoms with Crippen LogP contribution in [-0.4, -0.2) is 18.9 Å². The maximum absolute atomic E-state index is 12.1. The molecule has 0 atom stereocenters. The van der Waals surface area contributed by atoms with Crippen molar-refractivity contribution < 1.29 is 14.3 Å². The summed E-state index contributed by atoms with van der Waals surface area (Å²) in [6.45, 7) is 0. The fourth-order valence-electron chi connectivity index (χ4n) is 2.40. The van der Waals surface area contributed by atoms with Crippen molar-refractivity contribution >= 4 is 23.2 Å². The number of methoxy groups -OCH3 is 1. The van der Waals surface area contributed by atoms with Crippen molar-refractivity contribution in [3.05, 3.63) is 54.1 Å². The van der Waals surface area contributed by atoms with E-state index in [-0.39, 0.29) is 24.2 Å². The Morgan fingerprint density at radius 3 is 2.33 bits per heavy atom. The van der Waals surface area contributed by atoms with E-state index >= 15 is 0 Å². The first-order valence-corrected chi connectivity index (χ1v) is 7.98. The summed E-state index contributed by atoms with van der Waals surface area (Å²) in [5.41, 5.74) is 2.34. The second-order valence-electron chi connectivity index (χ2n) is 5.92. The lowest BCUT2D eigenvalue weighted by molar-refractivity contribution is -0.117. The summed E-state index contributed by atoms with van der Waals surface area (Å²) in [6, 6.07) is 14.6. The molecule has 5 nitrogen and oxygen atoms in total. The molecule has 124 valence electrons. The van der Waals surface area contributed by atoms with E-state index in [1.165, 1.54) is 0 Å². The van der Waals surface area contributed by atoms with E-state index in [4.69, 9.17) is 4.74 Å². The molecule has 1 fully saturated rings. The lowest BCUT2D eigenvalue weighted by Gasteiger charge is -2.08. The number of benzene rings is 2. The van der Waals surface area contributed by atoms with Crippen LogP contribution in [0, 0.1) is 5.92 Å². The Balaban J connectivity index is 1.54. The van der Waals surface area contributed by atoms with Crippen LogP contribution in [0.2, 0.25) is 0 Å². The summed E-state index contributed by atoms with van der Waals surface area (Å²) in [6.07, 6.45) is 2.23. The molecular weight excluding hydrogens is 304 g/mol. The Bertz CT molecular complexity index is 737. The van der Waals surface area contributed by atoms with Gasteiger partial charge >= 0.3 is 0 Å². The zero-order valence-electron chi connectivity index (χ0n) is 13.5. The van der Waals surface area contributed by atoms with Gasteiger partial charge in [-0.05, 0) is 54.8 Å². The smallest absolute Gasteiger partial charge is 0.228 e. The van der Waals surface area contributed by atoms with Gasteiger partial charge in [0.15, 0.2) is 0 Å². The van der Waals surface area contributed by atoms with Crippen molar-refractivity contribution in [2.45, 2.75) is 19.3 Å². The van der Waals surface area contributed by atoms with E-state index in [1.54, 1.807) is 31.4 Å². The van der Waals surface area contributed by atoms with Crippen molar-refractivity contribution in [3.8, 4) is 5.75 Å². The van der Waals surface area contributed by atoms with Gasteiger partial charge in [-0.2, -0.15) is 0 Å². The Hall–Kier alpha value is -2.82. The highest BCUT2D eigenvalue weighted by Gasteiger charge is 2.29. The van der Waals surface area contributed by atoms with Gasteiger partial charge in [0, 0.05) is 17.3 Å². The number of anilines is 2. The minimum atomic E-state index is -0.0991. The summed E-state index contributed by atoms with van der Waals surface area (Å²) < 4.78 is 5.15. The molecule has 1 saturated carbocycles. The molecule has 0 saturated heterocycles. The molecule has 5 heteroatoms.